The summed E-state index contributed by atoms with van der Waals surface area (Å²) in [4.78, 5) is 28.2. The molecular weight excluding hydrogens is 256 g/mol. The zero-order valence-corrected chi connectivity index (χ0v) is 10.9. The van der Waals surface area contributed by atoms with Crippen molar-refractivity contribution in [3.05, 3.63) is 22.4 Å². The van der Waals surface area contributed by atoms with E-state index < -0.39 is 0 Å². The monoisotopic (exact) mass is 272 g/mol. The van der Waals surface area contributed by atoms with Gasteiger partial charge in [-0.25, -0.2) is 5.48 Å². The molecule has 0 unspecified atom stereocenters. The van der Waals surface area contributed by atoms with Crippen molar-refractivity contribution >= 4 is 23.2 Å². The molecule has 6 nitrogen and oxygen atoms in total. The van der Waals surface area contributed by atoms with Gasteiger partial charge in [-0.15, -0.1) is 11.3 Å². The normalized spacial score (nSPS) is 10.1. The Morgan fingerprint density at radius 2 is 2.22 bits per heavy atom. The first-order valence-electron chi connectivity index (χ1n) is 5.45. The molecule has 1 rings (SSSR count). The van der Waals surface area contributed by atoms with Crippen LogP contribution in [0.1, 0.15) is 16.1 Å². The van der Waals surface area contributed by atoms with Crippen molar-refractivity contribution in [1.82, 2.24) is 10.8 Å². The fourth-order valence-corrected chi connectivity index (χ4v) is 1.73. The number of methoxy groups -OCH3 is 1. The van der Waals surface area contributed by atoms with Crippen molar-refractivity contribution in [3.8, 4) is 0 Å². The molecule has 0 aliphatic carbocycles. The van der Waals surface area contributed by atoms with Gasteiger partial charge in [0, 0.05) is 20.1 Å². The Bertz CT molecular complexity index is 367. The van der Waals surface area contributed by atoms with Crippen molar-refractivity contribution < 1.29 is 19.2 Å². The second kappa shape index (κ2) is 8.62. The third kappa shape index (κ3) is 5.76. The fourth-order valence-electron chi connectivity index (χ4n) is 1.09. The third-order valence-electron chi connectivity index (χ3n) is 1.96. The molecule has 0 aliphatic rings. The smallest absolute Gasteiger partial charge is 0.261 e. The molecule has 18 heavy (non-hydrogen) atoms. The third-order valence-corrected chi connectivity index (χ3v) is 2.83. The Balaban J connectivity index is 2.07. The average Bonchev–Trinajstić information content (AvgIpc) is 2.88. The quantitative estimate of drug-likeness (QED) is 0.535. The molecule has 0 saturated carbocycles. The first kappa shape index (κ1) is 14.6. The first-order chi connectivity index (χ1) is 8.74. The maximum atomic E-state index is 11.5. The molecule has 0 aliphatic heterocycles. The highest BCUT2D eigenvalue weighted by atomic mass is 32.1. The number of thiophene rings is 1. The minimum absolute atomic E-state index is 0.168. The maximum absolute atomic E-state index is 11.5. The Labute approximate surface area is 109 Å². The zero-order valence-electron chi connectivity index (χ0n) is 10.1. The molecule has 7 heteroatoms. The van der Waals surface area contributed by atoms with Gasteiger partial charge >= 0.3 is 0 Å². The number of nitrogens with one attached hydrogen (secondary N) is 2. The van der Waals surface area contributed by atoms with Crippen LogP contribution in [0.4, 0.5) is 0 Å². The number of hydrogen-bond donors (Lipinski definition) is 2. The summed E-state index contributed by atoms with van der Waals surface area (Å²) in [7, 11) is 1.55. The van der Waals surface area contributed by atoms with Crippen LogP contribution >= 0.6 is 11.3 Å². The summed E-state index contributed by atoms with van der Waals surface area (Å²) in [5, 5.41) is 4.47. The molecular formula is C11H16N2O4S. The molecule has 0 bridgehead atoms. The van der Waals surface area contributed by atoms with E-state index in [0.29, 0.717) is 18.1 Å². The summed E-state index contributed by atoms with van der Waals surface area (Å²) in [5.74, 6) is -0.448. The molecule has 1 aromatic heterocycles. The van der Waals surface area contributed by atoms with Crippen molar-refractivity contribution in [2.75, 3.05) is 26.9 Å². The molecule has 2 amide bonds. The predicted molar refractivity (Wildman–Crippen MR) is 67.2 cm³/mol. The summed E-state index contributed by atoms with van der Waals surface area (Å²) >= 11 is 1.36. The summed E-state index contributed by atoms with van der Waals surface area (Å²) in [6.07, 6.45) is 0.171. The minimum atomic E-state index is -0.280. The van der Waals surface area contributed by atoms with Crippen LogP contribution in [0.2, 0.25) is 0 Å². The number of carbonyl (C=O) groups excluding carboxylic acids is 2. The number of carbonyl (C=O) groups is 2. The van der Waals surface area contributed by atoms with Crippen LogP contribution in [0.3, 0.4) is 0 Å². The van der Waals surface area contributed by atoms with E-state index in [1.54, 1.807) is 19.2 Å². The van der Waals surface area contributed by atoms with E-state index in [2.05, 4.69) is 10.8 Å². The molecule has 0 radical (unpaired) electrons. The van der Waals surface area contributed by atoms with Gasteiger partial charge in [0.15, 0.2) is 0 Å². The van der Waals surface area contributed by atoms with E-state index in [1.807, 2.05) is 5.38 Å². The Morgan fingerprint density at radius 1 is 1.39 bits per heavy atom. The minimum Gasteiger partial charge on any atom is -0.382 e. The zero-order chi connectivity index (χ0) is 13.2. The van der Waals surface area contributed by atoms with E-state index in [1.165, 1.54) is 11.3 Å². The lowest BCUT2D eigenvalue weighted by Crippen LogP contribution is -2.31. The molecule has 0 spiro atoms. The highest BCUT2D eigenvalue weighted by Gasteiger charge is 2.06. The lowest BCUT2D eigenvalue weighted by atomic mass is 10.4. The fraction of sp³-hybridized carbons (Fsp3) is 0.455. The lowest BCUT2D eigenvalue weighted by Gasteiger charge is -2.06. The molecule has 1 heterocycles. The Morgan fingerprint density at radius 3 is 2.89 bits per heavy atom. The number of hydroxylamine groups is 1. The maximum Gasteiger partial charge on any atom is 0.261 e. The number of amides is 2. The van der Waals surface area contributed by atoms with E-state index >= 15 is 0 Å². The number of hydrogen-bond acceptors (Lipinski definition) is 5. The summed E-state index contributed by atoms with van der Waals surface area (Å²) in [5.41, 5.74) is 2.26. The standard InChI is InChI=1S/C11H16N2O4S/c1-16-6-7-17-13-10(14)4-5-12-11(15)9-3-2-8-18-9/h2-3,8H,4-7H2,1H3,(H,12,15)(H,13,14). The molecule has 0 fully saturated rings. The number of ether oxygens (including phenoxy) is 1. The van der Waals surface area contributed by atoms with Crippen LogP contribution in [0.15, 0.2) is 17.5 Å². The largest absolute Gasteiger partial charge is 0.382 e. The van der Waals surface area contributed by atoms with Gasteiger partial charge in [0.25, 0.3) is 5.91 Å². The van der Waals surface area contributed by atoms with Crippen LogP contribution in [0, 0.1) is 0 Å². The summed E-state index contributed by atoms with van der Waals surface area (Å²) in [6, 6.07) is 3.53. The van der Waals surface area contributed by atoms with Gasteiger partial charge in [-0.05, 0) is 11.4 Å². The Kier molecular flexibility index (Phi) is 7.00. The average molecular weight is 272 g/mol. The topological polar surface area (TPSA) is 76.7 Å². The van der Waals surface area contributed by atoms with Crippen LogP contribution in [-0.4, -0.2) is 38.7 Å². The molecule has 2 N–H and O–H groups in total. The first-order valence-corrected chi connectivity index (χ1v) is 6.33. The Hall–Kier alpha value is -1.44. The highest BCUT2D eigenvalue weighted by Crippen LogP contribution is 2.07. The van der Waals surface area contributed by atoms with Gasteiger partial charge < -0.3 is 10.1 Å². The second-order valence-corrected chi connectivity index (χ2v) is 4.30. The van der Waals surface area contributed by atoms with Crippen LogP contribution in [0.25, 0.3) is 0 Å². The van der Waals surface area contributed by atoms with Gasteiger partial charge in [0.1, 0.15) is 0 Å². The van der Waals surface area contributed by atoms with Gasteiger partial charge in [-0.2, -0.15) is 0 Å². The van der Waals surface area contributed by atoms with Crippen molar-refractivity contribution in [3.63, 3.8) is 0 Å². The van der Waals surface area contributed by atoms with Crippen LogP contribution in [-0.2, 0) is 14.4 Å². The van der Waals surface area contributed by atoms with E-state index in [9.17, 15) is 9.59 Å². The van der Waals surface area contributed by atoms with E-state index in [-0.39, 0.29) is 24.8 Å². The van der Waals surface area contributed by atoms with Crippen molar-refractivity contribution in [2.45, 2.75) is 6.42 Å². The summed E-state index contributed by atoms with van der Waals surface area (Å²) < 4.78 is 4.75. The molecule has 100 valence electrons. The molecule has 0 atom stereocenters. The molecule has 0 aromatic carbocycles. The van der Waals surface area contributed by atoms with Crippen molar-refractivity contribution in [1.29, 1.82) is 0 Å². The molecule has 0 saturated heterocycles. The van der Waals surface area contributed by atoms with Gasteiger partial charge in [0.2, 0.25) is 5.91 Å². The second-order valence-electron chi connectivity index (χ2n) is 3.35. The molecule has 1 aromatic rings. The summed E-state index contributed by atoms with van der Waals surface area (Å²) in [6.45, 7) is 0.982. The highest BCUT2D eigenvalue weighted by molar-refractivity contribution is 7.12. The predicted octanol–water partition coefficient (Wildman–Crippen LogP) is 0.562. The SMILES string of the molecule is COCCONC(=O)CCNC(=O)c1cccs1. The van der Waals surface area contributed by atoms with Crippen molar-refractivity contribution in [2.24, 2.45) is 0 Å². The van der Waals surface area contributed by atoms with Gasteiger partial charge in [-0.3, -0.25) is 14.4 Å². The van der Waals surface area contributed by atoms with E-state index in [4.69, 9.17) is 9.57 Å². The van der Waals surface area contributed by atoms with Crippen LogP contribution in [0.5, 0.6) is 0 Å². The van der Waals surface area contributed by atoms with Crippen LogP contribution < -0.4 is 10.8 Å². The lowest BCUT2D eigenvalue weighted by molar-refractivity contribution is -0.134. The van der Waals surface area contributed by atoms with Gasteiger partial charge in [-0.1, -0.05) is 6.07 Å². The van der Waals surface area contributed by atoms with E-state index in [0.717, 1.165) is 0 Å². The van der Waals surface area contributed by atoms with Gasteiger partial charge in [0.05, 0.1) is 18.1 Å². The number of rotatable bonds is 8.